The van der Waals surface area contributed by atoms with E-state index in [1.807, 2.05) is 31.2 Å². The van der Waals surface area contributed by atoms with Crippen LogP contribution in [0.5, 0.6) is 5.75 Å². The van der Waals surface area contributed by atoms with Gasteiger partial charge in [-0.15, -0.1) is 0 Å². The molecule has 0 saturated carbocycles. The molecule has 0 spiro atoms. The summed E-state index contributed by atoms with van der Waals surface area (Å²) in [6.07, 6.45) is 0. The van der Waals surface area contributed by atoms with E-state index in [9.17, 15) is 4.79 Å². The number of hydrogen-bond donors (Lipinski definition) is 3. The largest absolute Gasteiger partial charge is 0.492 e. The van der Waals surface area contributed by atoms with Crippen molar-refractivity contribution < 1.29 is 14.6 Å². The minimum absolute atomic E-state index is 0.175. The second-order valence-corrected chi connectivity index (χ2v) is 4.70. The SMILES string of the molecule is Cc1cccc(OCCNc2ccc(C(=O)O)cc2N)c1. The number of nitrogen functional groups attached to an aromatic ring is 1. The zero-order chi connectivity index (χ0) is 15.2. The normalized spacial score (nSPS) is 10.1. The van der Waals surface area contributed by atoms with Gasteiger partial charge in [0, 0.05) is 6.54 Å². The van der Waals surface area contributed by atoms with Crippen molar-refractivity contribution in [3.05, 3.63) is 53.6 Å². The van der Waals surface area contributed by atoms with Crippen molar-refractivity contribution in [2.45, 2.75) is 6.92 Å². The highest BCUT2D eigenvalue weighted by molar-refractivity contribution is 5.90. The second-order valence-electron chi connectivity index (χ2n) is 4.70. The van der Waals surface area contributed by atoms with E-state index in [4.69, 9.17) is 15.6 Å². The summed E-state index contributed by atoms with van der Waals surface area (Å²) in [7, 11) is 0. The van der Waals surface area contributed by atoms with Gasteiger partial charge in [-0.3, -0.25) is 0 Å². The molecule has 0 aliphatic carbocycles. The molecule has 0 radical (unpaired) electrons. The molecule has 21 heavy (non-hydrogen) atoms. The number of nitrogens with two attached hydrogens (primary N) is 1. The predicted molar refractivity (Wildman–Crippen MR) is 83.0 cm³/mol. The van der Waals surface area contributed by atoms with Crippen LogP contribution in [0.2, 0.25) is 0 Å². The van der Waals surface area contributed by atoms with Crippen molar-refractivity contribution in [2.75, 3.05) is 24.2 Å². The van der Waals surface area contributed by atoms with Crippen LogP contribution in [0.1, 0.15) is 15.9 Å². The second kappa shape index (κ2) is 6.65. The molecule has 2 aromatic carbocycles. The molecular formula is C16H18N2O3. The van der Waals surface area contributed by atoms with Gasteiger partial charge in [0.15, 0.2) is 0 Å². The molecule has 0 heterocycles. The highest BCUT2D eigenvalue weighted by Gasteiger charge is 2.05. The third-order valence-corrected chi connectivity index (χ3v) is 2.97. The number of ether oxygens (including phenoxy) is 1. The fraction of sp³-hybridized carbons (Fsp3) is 0.188. The zero-order valence-corrected chi connectivity index (χ0v) is 11.8. The molecular weight excluding hydrogens is 268 g/mol. The Morgan fingerprint density at radius 1 is 1.29 bits per heavy atom. The Labute approximate surface area is 123 Å². The van der Waals surface area contributed by atoms with Crippen molar-refractivity contribution in [1.29, 1.82) is 0 Å². The molecule has 2 rings (SSSR count). The number of nitrogens with one attached hydrogen (secondary N) is 1. The molecule has 5 heteroatoms. The average Bonchev–Trinajstić information content (AvgIpc) is 2.45. The molecule has 0 fully saturated rings. The van der Waals surface area contributed by atoms with Crippen LogP contribution in [0.25, 0.3) is 0 Å². The summed E-state index contributed by atoms with van der Waals surface area (Å²) >= 11 is 0. The number of aromatic carboxylic acids is 1. The summed E-state index contributed by atoms with van der Waals surface area (Å²) in [4.78, 5) is 10.8. The molecule has 0 unspecified atom stereocenters. The minimum Gasteiger partial charge on any atom is -0.492 e. The zero-order valence-electron chi connectivity index (χ0n) is 11.8. The molecule has 2 aromatic rings. The fourth-order valence-corrected chi connectivity index (χ4v) is 1.92. The number of hydrogen-bond acceptors (Lipinski definition) is 4. The molecule has 0 aliphatic heterocycles. The summed E-state index contributed by atoms with van der Waals surface area (Å²) in [5, 5.41) is 12.0. The highest BCUT2D eigenvalue weighted by atomic mass is 16.5. The number of aryl methyl sites for hydroxylation is 1. The molecule has 5 nitrogen and oxygen atoms in total. The van der Waals surface area contributed by atoms with Crippen LogP contribution in [0.15, 0.2) is 42.5 Å². The van der Waals surface area contributed by atoms with Gasteiger partial charge in [-0.1, -0.05) is 12.1 Å². The van der Waals surface area contributed by atoms with Crippen molar-refractivity contribution in [3.8, 4) is 5.75 Å². The Morgan fingerprint density at radius 2 is 2.10 bits per heavy atom. The quantitative estimate of drug-likeness (QED) is 0.561. The molecule has 0 atom stereocenters. The molecule has 110 valence electrons. The predicted octanol–water partition coefficient (Wildman–Crippen LogP) is 2.77. The summed E-state index contributed by atoms with van der Waals surface area (Å²) in [5.74, 6) is -0.165. The Morgan fingerprint density at radius 3 is 2.76 bits per heavy atom. The number of rotatable bonds is 6. The van der Waals surface area contributed by atoms with Gasteiger partial charge in [-0.05, 0) is 42.8 Å². The Kier molecular flexibility index (Phi) is 4.66. The smallest absolute Gasteiger partial charge is 0.335 e. The van der Waals surface area contributed by atoms with E-state index in [-0.39, 0.29) is 5.56 Å². The molecule has 0 aliphatic rings. The number of anilines is 2. The first-order valence-corrected chi connectivity index (χ1v) is 6.62. The third-order valence-electron chi connectivity index (χ3n) is 2.97. The van der Waals surface area contributed by atoms with Gasteiger partial charge in [0.25, 0.3) is 0 Å². The lowest BCUT2D eigenvalue weighted by molar-refractivity contribution is 0.0697. The van der Waals surface area contributed by atoms with Gasteiger partial charge in [-0.2, -0.15) is 0 Å². The summed E-state index contributed by atoms with van der Waals surface area (Å²) < 4.78 is 5.61. The monoisotopic (exact) mass is 286 g/mol. The first kappa shape index (κ1) is 14.7. The standard InChI is InChI=1S/C16H18N2O3/c1-11-3-2-4-13(9-11)21-8-7-18-15-6-5-12(16(19)20)10-14(15)17/h2-6,9-10,18H,7-8,17H2,1H3,(H,19,20). The molecule has 0 aromatic heterocycles. The van der Waals surface area contributed by atoms with Crippen LogP contribution in [0.4, 0.5) is 11.4 Å². The van der Waals surface area contributed by atoms with E-state index in [1.54, 1.807) is 6.07 Å². The van der Waals surface area contributed by atoms with Gasteiger partial charge in [0.1, 0.15) is 12.4 Å². The molecule has 0 amide bonds. The summed E-state index contributed by atoms with van der Waals surface area (Å²) in [5.41, 5.74) is 8.24. The summed E-state index contributed by atoms with van der Waals surface area (Å²) in [6.45, 7) is 3.07. The Hall–Kier alpha value is -2.69. The van der Waals surface area contributed by atoms with E-state index in [0.29, 0.717) is 24.5 Å². The van der Waals surface area contributed by atoms with Crippen molar-refractivity contribution >= 4 is 17.3 Å². The van der Waals surface area contributed by atoms with Crippen molar-refractivity contribution in [1.82, 2.24) is 0 Å². The van der Waals surface area contributed by atoms with Crippen molar-refractivity contribution in [2.24, 2.45) is 0 Å². The highest BCUT2D eigenvalue weighted by Crippen LogP contribution is 2.19. The maximum atomic E-state index is 10.8. The number of carboxylic acids is 1. The van der Waals surface area contributed by atoms with E-state index < -0.39 is 5.97 Å². The first-order chi connectivity index (χ1) is 10.1. The van der Waals surface area contributed by atoms with Crippen LogP contribution in [-0.4, -0.2) is 24.2 Å². The number of carbonyl (C=O) groups is 1. The van der Waals surface area contributed by atoms with Gasteiger partial charge in [-0.25, -0.2) is 4.79 Å². The van der Waals surface area contributed by atoms with Crippen LogP contribution < -0.4 is 15.8 Å². The van der Waals surface area contributed by atoms with Gasteiger partial charge >= 0.3 is 5.97 Å². The maximum absolute atomic E-state index is 10.8. The number of carboxylic acid groups (broad SMARTS) is 1. The van der Waals surface area contributed by atoms with Gasteiger partial charge in [0.2, 0.25) is 0 Å². The Bertz CT molecular complexity index is 641. The Balaban J connectivity index is 1.85. The van der Waals surface area contributed by atoms with Gasteiger partial charge < -0.3 is 20.9 Å². The van der Waals surface area contributed by atoms with E-state index in [2.05, 4.69) is 5.32 Å². The minimum atomic E-state index is -0.990. The van der Waals surface area contributed by atoms with E-state index >= 15 is 0 Å². The summed E-state index contributed by atoms with van der Waals surface area (Å²) in [6, 6.07) is 12.4. The van der Waals surface area contributed by atoms with Crippen molar-refractivity contribution in [3.63, 3.8) is 0 Å². The molecule has 4 N–H and O–H groups in total. The molecule has 0 bridgehead atoms. The lowest BCUT2D eigenvalue weighted by Crippen LogP contribution is -2.13. The van der Waals surface area contributed by atoms with Crippen LogP contribution in [-0.2, 0) is 0 Å². The lowest BCUT2D eigenvalue weighted by atomic mass is 10.2. The topological polar surface area (TPSA) is 84.6 Å². The van der Waals surface area contributed by atoms with Crippen LogP contribution in [0, 0.1) is 6.92 Å². The number of benzene rings is 2. The fourth-order valence-electron chi connectivity index (χ4n) is 1.92. The van der Waals surface area contributed by atoms with Crippen LogP contribution >= 0.6 is 0 Å². The van der Waals surface area contributed by atoms with E-state index in [0.717, 1.165) is 11.3 Å². The average molecular weight is 286 g/mol. The third kappa shape index (κ3) is 4.14. The molecule has 0 saturated heterocycles. The maximum Gasteiger partial charge on any atom is 0.335 e. The lowest BCUT2D eigenvalue weighted by Gasteiger charge is -2.11. The van der Waals surface area contributed by atoms with Crippen LogP contribution in [0.3, 0.4) is 0 Å². The van der Waals surface area contributed by atoms with Gasteiger partial charge in [0.05, 0.1) is 16.9 Å². The first-order valence-electron chi connectivity index (χ1n) is 6.62. The van der Waals surface area contributed by atoms with E-state index in [1.165, 1.54) is 12.1 Å².